The average molecular weight is 366 g/mol. The zero-order valence-corrected chi connectivity index (χ0v) is 14.5. The molecule has 1 atom stereocenters. The first-order chi connectivity index (χ1) is 11.3. The molecule has 8 heteroatoms. The first kappa shape index (κ1) is 17.1. The van der Waals surface area contributed by atoms with Crippen molar-refractivity contribution in [2.45, 2.75) is 28.7 Å². The second kappa shape index (κ2) is 6.29. The highest BCUT2D eigenvalue weighted by Crippen LogP contribution is 2.36. The van der Waals surface area contributed by atoms with Crippen LogP contribution in [-0.2, 0) is 20.0 Å². The van der Waals surface area contributed by atoms with Crippen molar-refractivity contribution in [2.24, 2.45) is 5.14 Å². The van der Waals surface area contributed by atoms with Gasteiger partial charge in [-0.25, -0.2) is 22.0 Å². The lowest BCUT2D eigenvalue weighted by Crippen LogP contribution is -2.30. The number of benzene rings is 2. The fraction of sp³-hybridized carbons (Fsp3) is 0.250. The lowest BCUT2D eigenvalue weighted by molar-refractivity contribution is 0.396. The minimum absolute atomic E-state index is 0.0673. The van der Waals surface area contributed by atoms with Gasteiger partial charge in [-0.15, -0.1) is 0 Å². The summed E-state index contributed by atoms with van der Waals surface area (Å²) in [5.41, 5.74) is 0.958. The quantitative estimate of drug-likeness (QED) is 0.893. The molecule has 0 aromatic heterocycles. The predicted octanol–water partition coefficient (Wildman–Crippen LogP) is 1.86. The Morgan fingerprint density at radius 3 is 2.04 bits per heavy atom. The fourth-order valence-corrected chi connectivity index (χ4v) is 5.17. The molecule has 6 nitrogen and oxygen atoms in total. The smallest absolute Gasteiger partial charge is 0.225 e. The molecular formula is C16H18N2O4S2. The van der Waals surface area contributed by atoms with E-state index in [1.54, 1.807) is 0 Å². The summed E-state index contributed by atoms with van der Waals surface area (Å²) in [7, 11) is -7.55. The third-order valence-electron chi connectivity index (χ3n) is 4.15. The first-order valence-electron chi connectivity index (χ1n) is 7.50. The molecule has 1 aliphatic heterocycles. The Kier molecular flexibility index (Phi) is 4.48. The number of hydrogen-bond acceptors (Lipinski definition) is 4. The number of sulfonamides is 2. The van der Waals surface area contributed by atoms with Crippen molar-refractivity contribution >= 4 is 20.0 Å². The maximum atomic E-state index is 12.9. The molecule has 0 saturated carbocycles. The highest BCUT2D eigenvalue weighted by atomic mass is 32.2. The number of nitrogens with two attached hydrogens (primary N) is 1. The Hall–Kier alpha value is -1.74. The van der Waals surface area contributed by atoms with Crippen LogP contribution in [0.15, 0.2) is 64.4 Å². The summed E-state index contributed by atoms with van der Waals surface area (Å²) in [6.07, 6.45) is 1.55. The monoisotopic (exact) mass is 366 g/mol. The number of hydrogen-bond donors (Lipinski definition) is 1. The standard InChI is InChI=1S/C16H18N2O4S2/c17-23(19,20)14-8-10-15(11-9-14)24(21,22)18-12-4-7-16(18)13-5-2-1-3-6-13/h1-3,5-6,8-11,16H,4,7,12H2,(H2,17,19,20). The second-order valence-corrected chi connectivity index (χ2v) is 9.15. The third-order valence-corrected chi connectivity index (χ3v) is 7.00. The van der Waals surface area contributed by atoms with E-state index in [0.29, 0.717) is 6.54 Å². The Morgan fingerprint density at radius 2 is 1.46 bits per heavy atom. The summed E-state index contributed by atoms with van der Waals surface area (Å²) in [5.74, 6) is 0. The van der Waals surface area contributed by atoms with Gasteiger partial charge in [0, 0.05) is 6.54 Å². The van der Waals surface area contributed by atoms with Gasteiger partial charge in [0.2, 0.25) is 20.0 Å². The van der Waals surface area contributed by atoms with Gasteiger partial charge in [0.1, 0.15) is 0 Å². The van der Waals surface area contributed by atoms with Crippen molar-refractivity contribution in [1.82, 2.24) is 4.31 Å². The van der Waals surface area contributed by atoms with Crippen molar-refractivity contribution in [1.29, 1.82) is 0 Å². The van der Waals surface area contributed by atoms with Crippen molar-refractivity contribution in [3.05, 3.63) is 60.2 Å². The van der Waals surface area contributed by atoms with Crippen LogP contribution in [0.3, 0.4) is 0 Å². The van der Waals surface area contributed by atoms with E-state index < -0.39 is 20.0 Å². The van der Waals surface area contributed by atoms with Crippen LogP contribution >= 0.6 is 0 Å². The van der Waals surface area contributed by atoms with E-state index in [4.69, 9.17) is 5.14 Å². The minimum Gasteiger partial charge on any atom is -0.225 e. The summed E-state index contributed by atoms with van der Waals surface area (Å²) in [6, 6.07) is 14.3. The lowest BCUT2D eigenvalue weighted by atomic mass is 10.1. The molecule has 128 valence electrons. The first-order valence-corrected chi connectivity index (χ1v) is 10.5. The largest absolute Gasteiger partial charge is 0.243 e. The van der Waals surface area contributed by atoms with E-state index in [0.717, 1.165) is 18.4 Å². The van der Waals surface area contributed by atoms with E-state index in [-0.39, 0.29) is 15.8 Å². The molecule has 1 heterocycles. The Labute approximate surface area is 142 Å². The molecule has 0 bridgehead atoms. The van der Waals surface area contributed by atoms with E-state index in [2.05, 4.69) is 0 Å². The summed E-state index contributed by atoms with van der Waals surface area (Å²) in [5, 5.41) is 5.05. The fourth-order valence-electron chi connectivity index (χ4n) is 2.97. The average Bonchev–Trinajstić information content (AvgIpc) is 3.05. The van der Waals surface area contributed by atoms with Crippen LogP contribution in [0.1, 0.15) is 24.4 Å². The van der Waals surface area contributed by atoms with Crippen LogP contribution in [0.25, 0.3) is 0 Å². The highest BCUT2D eigenvalue weighted by molar-refractivity contribution is 7.89. The molecule has 0 aliphatic carbocycles. The van der Waals surface area contributed by atoms with Gasteiger partial charge in [0.25, 0.3) is 0 Å². The topological polar surface area (TPSA) is 97.5 Å². The molecule has 0 radical (unpaired) electrons. The van der Waals surface area contributed by atoms with Crippen molar-refractivity contribution in [3.63, 3.8) is 0 Å². The molecule has 2 aromatic carbocycles. The van der Waals surface area contributed by atoms with Crippen LogP contribution in [0.5, 0.6) is 0 Å². The van der Waals surface area contributed by atoms with Crippen LogP contribution < -0.4 is 5.14 Å². The molecule has 1 aliphatic rings. The van der Waals surface area contributed by atoms with Gasteiger partial charge >= 0.3 is 0 Å². The van der Waals surface area contributed by atoms with Gasteiger partial charge in [-0.3, -0.25) is 0 Å². The summed E-state index contributed by atoms with van der Waals surface area (Å²) >= 11 is 0. The van der Waals surface area contributed by atoms with E-state index in [9.17, 15) is 16.8 Å². The molecule has 1 unspecified atom stereocenters. The SMILES string of the molecule is NS(=O)(=O)c1ccc(S(=O)(=O)N2CCCC2c2ccccc2)cc1. The van der Waals surface area contributed by atoms with Gasteiger partial charge in [0.05, 0.1) is 15.8 Å². The normalized spacial score (nSPS) is 19.5. The van der Waals surface area contributed by atoms with Gasteiger partial charge in [0.15, 0.2) is 0 Å². The zero-order chi connectivity index (χ0) is 17.4. The molecule has 2 N–H and O–H groups in total. The molecule has 24 heavy (non-hydrogen) atoms. The van der Waals surface area contributed by atoms with Gasteiger partial charge in [-0.05, 0) is 42.7 Å². The number of rotatable bonds is 4. The second-order valence-electron chi connectivity index (χ2n) is 5.70. The van der Waals surface area contributed by atoms with Crippen LogP contribution in [-0.4, -0.2) is 27.7 Å². The van der Waals surface area contributed by atoms with E-state index in [1.807, 2.05) is 30.3 Å². The maximum Gasteiger partial charge on any atom is 0.243 e. The molecule has 3 rings (SSSR count). The Bertz CT molecular complexity index is 924. The third kappa shape index (κ3) is 3.23. The van der Waals surface area contributed by atoms with E-state index >= 15 is 0 Å². The maximum absolute atomic E-state index is 12.9. The van der Waals surface area contributed by atoms with Gasteiger partial charge < -0.3 is 0 Å². The highest BCUT2D eigenvalue weighted by Gasteiger charge is 2.36. The van der Waals surface area contributed by atoms with Crippen LogP contribution in [0.4, 0.5) is 0 Å². The molecule has 0 amide bonds. The van der Waals surface area contributed by atoms with Gasteiger partial charge in [-0.1, -0.05) is 30.3 Å². The van der Waals surface area contributed by atoms with Crippen LogP contribution in [0.2, 0.25) is 0 Å². The van der Waals surface area contributed by atoms with Crippen molar-refractivity contribution < 1.29 is 16.8 Å². The number of primary sulfonamides is 1. The molecule has 0 spiro atoms. The lowest BCUT2D eigenvalue weighted by Gasteiger charge is -2.24. The molecule has 2 aromatic rings. The van der Waals surface area contributed by atoms with Crippen LogP contribution in [0, 0.1) is 0 Å². The predicted molar refractivity (Wildman–Crippen MR) is 90.1 cm³/mol. The molecular weight excluding hydrogens is 348 g/mol. The summed E-state index contributed by atoms with van der Waals surface area (Å²) in [6.45, 7) is 0.443. The van der Waals surface area contributed by atoms with Crippen molar-refractivity contribution in [3.8, 4) is 0 Å². The Morgan fingerprint density at radius 1 is 0.875 bits per heavy atom. The Balaban J connectivity index is 1.95. The zero-order valence-electron chi connectivity index (χ0n) is 12.9. The molecule has 1 saturated heterocycles. The summed E-state index contributed by atoms with van der Waals surface area (Å²) in [4.78, 5) is -0.0415. The van der Waals surface area contributed by atoms with E-state index in [1.165, 1.54) is 28.6 Å². The molecule has 1 fully saturated rings. The minimum atomic E-state index is -3.85. The summed E-state index contributed by atoms with van der Waals surface area (Å²) < 4.78 is 49.9. The van der Waals surface area contributed by atoms with Gasteiger partial charge in [-0.2, -0.15) is 4.31 Å². The number of nitrogens with zero attached hydrogens (tertiary/aromatic N) is 1. The van der Waals surface area contributed by atoms with Crippen molar-refractivity contribution in [2.75, 3.05) is 6.54 Å².